The van der Waals surface area contributed by atoms with Gasteiger partial charge in [0, 0.05) is 25.4 Å². The summed E-state index contributed by atoms with van der Waals surface area (Å²) in [5.74, 6) is 1.17. The number of hydrogen-bond donors (Lipinski definition) is 3. The molecule has 2 bridgehead atoms. The van der Waals surface area contributed by atoms with E-state index in [-0.39, 0.29) is 24.7 Å². The summed E-state index contributed by atoms with van der Waals surface area (Å²) >= 11 is 0. The van der Waals surface area contributed by atoms with Gasteiger partial charge in [0.1, 0.15) is 0 Å². The standard InChI is InChI=1S/C21H34N6O4/c1-2-3-12-22-21(29)30-14-20(28)23-13-16-15(17-10-11-18(16)31-17)8-6-4-5-7-9-19-24-26-27-25-19/h4,6,15-18H,2-3,5,7-14H2,1H3,(H,22,29)(H,23,28)(H,24,25,26,27)/t15-,16+,17-,18+/m0/s1. The summed E-state index contributed by atoms with van der Waals surface area (Å²) in [6.07, 6.45) is 12.1. The Balaban J connectivity index is 1.34. The van der Waals surface area contributed by atoms with E-state index in [0.717, 1.165) is 57.2 Å². The predicted molar refractivity (Wildman–Crippen MR) is 113 cm³/mol. The number of aromatic amines is 1. The average Bonchev–Trinajstić information content (AvgIpc) is 3.51. The number of fused-ring (bicyclic) bond motifs is 2. The van der Waals surface area contributed by atoms with Crippen LogP contribution < -0.4 is 10.6 Å². The number of aryl methyl sites for hydroxylation is 1. The molecule has 2 amide bonds. The van der Waals surface area contributed by atoms with Crippen molar-refractivity contribution in [3.63, 3.8) is 0 Å². The lowest BCUT2D eigenvalue weighted by Gasteiger charge is -2.27. The molecule has 10 nitrogen and oxygen atoms in total. The summed E-state index contributed by atoms with van der Waals surface area (Å²) in [6, 6.07) is 0. The molecule has 2 saturated heterocycles. The van der Waals surface area contributed by atoms with Crippen molar-refractivity contribution in [1.29, 1.82) is 0 Å². The zero-order valence-electron chi connectivity index (χ0n) is 18.2. The summed E-state index contributed by atoms with van der Waals surface area (Å²) in [7, 11) is 0. The molecule has 4 atom stereocenters. The van der Waals surface area contributed by atoms with Crippen molar-refractivity contribution in [3.8, 4) is 0 Å². The summed E-state index contributed by atoms with van der Waals surface area (Å²) in [5.41, 5.74) is 0. The third kappa shape index (κ3) is 7.30. The number of unbranched alkanes of at least 4 members (excludes halogenated alkanes) is 2. The predicted octanol–water partition coefficient (Wildman–Crippen LogP) is 1.90. The van der Waals surface area contributed by atoms with Gasteiger partial charge in [-0.25, -0.2) is 4.79 Å². The minimum absolute atomic E-state index is 0.209. The summed E-state index contributed by atoms with van der Waals surface area (Å²) in [4.78, 5) is 23.6. The first-order chi connectivity index (χ1) is 15.2. The van der Waals surface area contributed by atoms with Crippen LogP contribution in [0.2, 0.25) is 0 Å². The van der Waals surface area contributed by atoms with Gasteiger partial charge in [-0.15, -0.1) is 10.2 Å². The second-order valence-corrected chi connectivity index (χ2v) is 8.21. The van der Waals surface area contributed by atoms with Crippen molar-refractivity contribution in [1.82, 2.24) is 31.3 Å². The minimum atomic E-state index is -0.547. The number of hydrogen-bond acceptors (Lipinski definition) is 7. The highest BCUT2D eigenvalue weighted by atomic mass is 16.6. The number of nitrogens with one attached hydrogen (secondary N) is 3. The van der Waals surface area contributed by atoms with Crippen molar-refractivity contribution in [2.75, 3.05) is 19.7 Å². The Hall–Kier alpha value is -2.49. The van der Waals surface area contributed by atoms with Gasteiger partial charge in [-0.05, 0) is 44.4 Å². The van der Waals surface area contributed by atoms with Crippen molar-refractivity contribution in [3.05, 3.63) is 18.0 Å². The number of carbonyl (C=O) groups is 2. The minimum Gasteiger partial charge on any atom is -0.439 e. The van der Waals surface area contributed by atoms with Crippen LogP contribution in [0.25, 0.3) is 0 Å². The lowest BCUT2D eigenvalue weighted by molar-refractivity contribution is -0.124. The van der Waals surface area contributed by atoms with Gasteiger partial charge in [0.05, 0.1) is 12.2 Å². The summed E-state index contributed by atoms with van der Waals surface area (Å²) in [6.45, 7) is 2.90. The van der Waals surface area contributed by atoms with Gasteiger partial charge in [0.25, 0.3) is 5.91 Å². The number of amides is 2. The first-order valence-electron chi connectivity index (χ1n) is 11.4. The Morgan fingerprint density at radius 2 is 2.03 bits per heavy atom. The monoisotopic (exact) mass is 434 g/mol. The zero-order chi connectivity index (χ0) is 21.9. The first-order valence-corrected chi connectivity index (χ1v) is 11.4. The Bertz CT molecular complexity index is 711. The molecule has 31 heavy (non-hydrogen) atoms. The van der Waals surface area contributed by atoms with E-state index >= 15 is 0 Å². The van der Waals surface area contributed by atoms with Crippen LogP contribution in [0.3, 0.4) is 0 Å². The van der Waals surface area contributed by atoms with Crippen LogP contribution in [0.1, 0.15) is 57.7 Å². The number of H-pyrrole nitrogens is 1. The van der Waals surface area contributed by atoms with Crippen LogP contribution >= 0.6 is 0 Å². The first kappa shape index (κ1) is 23.2. The number of carbonyl (C=O) groups excluding carboxylic acids is 2. The van der Waals surface area contributed by atoms with Crippen LogP contribution in [-0.2, 0) is 20.7 Å². The fourth-order valence-corrected chi connectivity index (χ4v) is 4.35. The lowest BCUT2D eigenvalue weighted by Crippen LogP contribution is -2.40. The van der Waals surface area contributed by atoms with E-state index in [9.17, 15) is 9.59 Å². The molecule has 0 radical (unpaired) electrons. The van der Waals surface area contributed by atoms with E-state index in [1.54, 1.807) is 0 Å². The third-order valence-electron chi connectivity index (χ3n) is 5.99. The Kier molecular flexibility index (Phi) is 9.26. The largest absolute Gasteiger partial charge is 0.439 e. The number of rotatable bonds is 13. The topological polar surface area (TPSA) is 131 Å². The Morgan fingerprint density at radius 1 is 1.19 bits per heavy atom. The SMILES string of the molecule is CCCCNC(=O)OCC(=O)NC[C@@H]1[C@H](CC=CCCCc2nn[nH]n2)[C@@H]2CC[C@H]1O2. The van der Waals surface area contributed by atoms with E-state index in [0.29, 0.717) is 24.9 Å². The molecule has 10 heteroatoms. The maximum absolute atomic E-state index is 12.1. The van der Waals surface area contributed by atoms with E-state index in [1.807, 2.05) is 6.92 Å². The normalized spacial score (nSPS) is 24.5. The van der Waals surface area contributed by atoms with E-state index in [1.165, 1.54) is 0 Å². The van der Waals surface area contributed by atoms with Crippen LogP contribution in [0, 0.1) is 11.8 Å². The zero-order valence-corrected chi connectivity index (χ0v) is 18.2. The number of alkyl carbamates (subject to hydrolysis) is 1. The molecule has 0 saturated carbocycles. The van der Waals surface area contributed by atoms with E-state index < -0.39 is 6.09 Å². The number of aromatic nitrogens is 4. The maximum Gasteiger partial charge on any atom is 0.407 e. The molecule has 3 rings (SSSR count). The number of ether oxygens (including phenoxy) is 2. The molecule has 0 spiro atoms. The van der Waals surface area contributed by atoms with Gasteiger partial charge < -0.3 is 20.1 Å². The Morgan fingerprint density at radius 3 is 2.81 bits per heavy atom. The molecule has 0 aromatic carbocycles. The molecular formula is C21H34N6O4. The van der Waals surface area contributed by atoms with Crippen LogP contribution in [-0.4, -0.2) is 64.5 Å². The second-order valence-electron chi connectivity index (χ2n) is 8.21. The van der Waals surface area contributed by atoms with Gasteiger partial charge in [-0.2, -0.15) is 5.21 Å². The van der Waals surface area contributed by atoms with Crippen LogP contribution in [0.15, 0.2) is 12.2 Å². The highest BCUT2D eigenvalue weighted by Gasteiger charge is 2.47. The molecular weight excluding hydrogens is 400 g/mol. The van der Waals surface area contributed by atoms with Gasteiger partial charge >= 0.3 is 6.09 Å². The van der Waals surface area contributed by atoms with Crippen molar-refractivity contribution in [2.24, 2.45) is 11.8 Å². The van der Waals surface area contributed by atoms with Crippen molar-refractivity contribution >= 4 is 12.0 Å². The van der Waals surface area contributed by atoms with Crippen LogP contribution in [0.4, 0.5) is 4.79 Å². The van der Waals surface area contributed by atoms with Crippen molar-refractivity contribution in [2.45, 2.75) is 70.5 Å². The van der Waals surface area contributed by atoms with Gasteiger partial charge in [0.15, 0.2) is 12.4 Å². The third-order valence-corrected chi connectivity index (χ3v) is 5.99. The molecule has 2 aliphatic rings. The highest BCUT2D eigenvalue weighted by molar-refractivity contribution is 5.80. The quantitative estimate of drug-likeness (QED) is 0.319. The number of allylic oxidation sites excluding steroid dienone is 2. The number of tetrazole rings is 1. The van der Waals surface area contributed by atoms with Gasteiger partial charge in [-0.1, -0.05) is 30.7 Å². The van der Waals surface area contributed by atoms with E-state index in [4.69, 9.17) is 9.47 Å². The molecule has 3 N–H and O–H groups in total. The van der Waals surface area contributed by atoms with Crippen LogP contribution in [0.5, 0.6) is 0 Å². The molecule has 0 aliphatic carbocycles. The molecule has 3 heterocycles. The molecule has 172 valence electrons. The lowest BCUT2D eigenvalue weighted by atomic mass is 9.77. The smallest absolute Gasteiger partial charge is 0.407 e. The van der Waals surface area contributed by atoms with Gasteiger partial charge in [-0.3, -0.25) is 4.79 Å². The Labute approximate surface area is 182 Å². The van der Waals surface area contributed by atoms with E-state index in [2.05, 4.69) is 43.4 Å². The average molecular weight is 435 g/mol. The summed E-state index contributed by atoms with van der Waals surface area (Å²) < 4.78 is 11.1. The molecule has 2 fully saturated rings. The highest BCUT2D eigenvalue weighted by Crippen LogP contribution is 2.44. The molecule has 1 aromatic heterocycles. The summed E-state index contributed by atoms with van der Waals surface area (Å²) in [5, 5.41) is 19.5. The second kappa shape index (κ2) is 12.4. The molecule has 1 aromatic rings. The van der Waals surface area contributed by atoms with Crippen molar-refractivity contribution < 1.29 is 19.1 Å². The molecule has 2 aliphatic heterocycles. The fraction of sp³-hybridized carbons (Fsp3) is 0.762. The number of nitrogens with zero attached hydrogens (tertiary/aromatic N) is 3. The molecule has 0 unspecified atom stereocenters. The fourth-order valence-electron chi connectivity index (χ4n) is 4.35. The maximum atomic E-state index is 12.1. The van der Waals surface area contributed by atoms with Gasteiger partial charge in [0.2, 0.25) is 0 Å².